The average Bonchev–Trinajstić information content (AvgIpc) is 2.59. The molecule has 7 heteroatoms. The van der Waals surface area contributed by atoms with E-state index in [1.54, 1.807) is 6.07 Å². The molecule has 3 N–H and O–H groups in total. The van der Waals surface area contributed by atoms with Crippen LogP contribution in [0, 0.1) is 11.8 Å². The van der Waals surface area contributed by atoms with Crippen molar-refractivity contribution in [1.82, 2.24) is 10.6 Å². The van der Waals surface area contributed by atoms with Gasteiger partial charge in [0.2, 0.25) is 0 Å². The third-order valence-corrected chi connectivity index (χ3v) is 3.79. The fourth-order valence-corrected chi connectivity index (χ4v) is 2.56. The molecule has 0 aliphatic rings. The molecule has 0 aliphatic carbocycles. The van der Waals surface area contributed by atoms with Gasteiger partial charge in [0.1, 0.15) is 0 Å². The molecule has 0 aromatic heterocycles. The van der Waals surface area contributed by atoms with Gasteiger partial charge in [-0.3, -0.25) is 9.59 Å². The molecule has 0 spiro atoms. The lowest BCUT2D eigenvalue weighted by atomic mass is 9.97. The zero-order valence-corrected chi connectivity index (χ0v) is 16.0. The second-order valence-corrected chi connectivity index (χ2v) is 6.52. The van der Waals surface area contributed by atoms with Crippen LogP contribution in [-0.4, -0.2) is 43.8 Å². The predicted molar refractivity (Wildman–Crippen MR) is 99.5 cm³/mol. The van der Waals surface area contributed by atoms with Gasteiger partial charge in [-0.25, -0.2) is 0 Å². The van der Waals surface area contributed by atoms with E-state index in [1.165, 1.54) is 7.11 Å². The molecule has 26 heavy (non-hydrogen) atoms. The smallest absolute Gasteiger partial charge is 0.307 e. The minimum atomic E-state index is -0.780. The van der Waals surface area contributed by atoms with Gasteiger partial charge in [-0.1, -0.05) is 19.9 Å². The maximum absolute atomic E-state index is 11.5. The maximum Gasteiger partial charge on any atom is 0.307 e. The van der Waals surface area contributed by atoms with Crippen molar-refractivity contribution < 1.29 is 24.2 Å². The lowest BCUT2D eigenvalue weighted by Gasteiger charge is -2.16. The van der Waals surface area contributed by atoms with E-state index in [9.17, 15) is 14.7 Å². The zero-order chi connectivity index (χ0) is 19.5. The van der Waals surface area contributed by atoms with Crippen LogP contribution < -0.4 is 20.1 Å². The van der Waals surface area contributed by atoms with Gasteiger partial charge < -0.3 is 25.2 Å². The molecule has 1 aromatic rings. The molecule has 1 amide bonds. The largest absolute Gasteiger partial charge is 0.493 e. The van der Waals surface area contributed by atoms with Crippen molar-refractivity contribution in [2.75, 3.05) is 26.8 Å². The number of carboxylic acid groups (broad SMARTS) is 1. The highest BCUT2D eigenvalue weighted by molar-refractivity contribution is 5.77. The van der Waals surface area contributed by atoms with Crippen LogP contribution in [-0.2, 0) is 16.1 Å². The quantitative estimate of drug-likeness (QED) is 0.524. The summed E-state index contributed by atoms with van der Waals surface area (Å²) in [6, 6.07) is 5.43. The number of hydrogen-bond donors (Lipinski definition) is 3. The monoisotopic (exact) mass is 366 g/mol. The Hall–Kier alpha value is -2.28. The molecule has 7 nitrogen and oxygen atoms in total. The van der Waals surface area contributed by atoms with E-state index >= 15 is 0 Å². The third-order valence-electron chi connectivity index (χ3n) is 3.79. The first kappa shape index (κ1) is 21.8. The number of benzene rings is 1. The first-order valence-electron chi connectivity index (χ1n) is 8.87. The van der Waals surface area contributed by atoms with Gasteiger partial charge in [0.25, 0.3) is 5.91 Å². The molecule has 0 saturated heterocycles. The standard InChI is InChI=1S/C19H30N2O5/c1-5-21-18(22)12-26-16-7-6-14(9-17(16)25-4)10-20-11-15(19(23)24)8-13(2)3/h6-7,9,13,15,20H,5,8,10-12H2,1-4H3,(H,21,22)(H,23,24). The summed E-state index contributed by atoms with van der Waals surface area (Å²) in [5, 5.41) is 15.1. The van der Waals surface area contributed by atoms with Crippen molar-refractivity contribution in [2.45, 2.75) is 33.7 Å². The number of carbonyl (C=O) groups is 2. The van der Waals surface area contributed by atoms with Gasteiger partial charge in [0.05, 0.1) is 13.0 Å². The highest BCUT2D eigenvalue weighted by Crippen LogP contribution is 2.28. The Balaban J connectivity index is 2.60. The van der Waals surface area contributed by atoms with Gasteiger partial charge >= 0.3 is 5.97 Å². The van der Waals surface area contributed by atoms with E-state index in [2.05, 4.69) is 10.6 Å². The van der Waals surface area contributed by atoms with Crippen LogP contribution >= 0.6 is 0 Å². The van der Waals surface area contributed by atoms with Crippen LogP contribution in [0.3, 0.4) is 0 Å². The number of ether oxygens (including phenoxy) is 2. The summed E-state index contributed by atoms with van der Waals surface area (Å²) in [7, 11) is 1.54. The van der Waals surface area contributed by atoms with Crippen LogP contribution in [0.2, 0.25) is 0 Å². The van der Waals surface area contributed by atoms with Crippen LogP contribution in [0.25, 0.3) is 0 Å². The fraction of sp³-hybridized carbons (Fsp3) is 0.579. The minimum absolute atomic E-state index is 0.0721. The van der Waals surface area contributed by atoms with Crippen molar-refractivity contribution in [3.05, 3.63) is 23.8 Å². The Morgan fingerprint density at radius 2 is 1.96 bits per heavy atom. The summed E-state index contributed by atoms with van der Waals surface area (Å²) >= 11 is 0. The van der Waals surface area contributed by atoms with Crippen LogP contribution in [0.5, 0.6) is 11.5 Å². The normalized spacial score (nSPS) is 11.9. The maximum atomic E-state index is 11.5. The molecule has 0 radical (unpaired) electrons. The molecular formula is C19H30N2O5. The van der Waals surface area contributed by atoms with Crippen LogP contribution in [0.15, 0.2) is 18.2 Å². The van der Waals surface area contributed by atoms with E-state index < -0.39 is 11.9 Å². The topological polar surface area (TPSA) is 96.9 Å². The Morgan fingerprint density at radius 3 is 2.54 bits per heavy atom. The van der Waals surface area contributed by atoms with E-state index in [0.717, 1.165) is 5.56 Å². The molecule has 0 fully saturated rings. The number of likely N-dealkylation sites (N-methyl/N-ethyl adjacent to an activating group) is 1. The van der Waals surface area contributed by atoms with Crippen molar-refractivity contribution in [2.24, 2.45) is 11.8 Å². The Kier molecular flexibility index (Phi) is 9.51. The number of methoxy groups -OCH3 is 1. The SMILES string of the molecule is CCNC(=O)COc1ccc(CNCC(CC(C)C)C(=O)O)cc1OC. The lowest BCUT2D eigenvalue weighted by Crippen LogP contribution is -2.29. The molecule has 0 bridgehead atoms. The van der Waals surface area contributed by atoms with Gasteiger partial charge in [0.15, 0.2) is 18.1 Å². The number of rotatable bonds is 12. The molecule has 0 aliphatic heterocycles. The summed E-state index contributed by atoms with van der Waals surface area (Å²) in [6.45, 7) is 7.28. The highest BCUT2D eigenvalue weighted by atomic mass is 16.5. The number of amides is 1. The number of aliphatic carboxylic acids is 1. The van der Waals surface area contributed by atoms with Crippen LogP contribution in [0.4, 0.5) is 0 Å². The van der Waals surface area contributed by atoms with Gasteiger partial charge in [0, 0.05) is 19.6 Å². The Bertz CT molecular complexity index is 589. The van der Waals surface area contributed by atoms with Crippen molar-refractivity contribution in [3.63, 3.8) is 0 Å². The summed E-state index contributed by atoms with van der Waals surface area (Å²) < 4.78 is 10.8. The first-order chi connectivity index (χ1) is 12.4. The molecule has 146 valence electrons. The summed E-state index contributed by atoms with van der Waals surface area (Å²) in [5.41, 5.74) is 0.945. The minimum Gasteiger partial charge on any atom is -0.493 e. The molecular weight excluding hydrogens is 336 g/mol. The zero-order valence-electron chi connectivity index (χ0n) is 16.0. The van der Waals surface area contributed by atoms with Crippen molar-refractivity contribution >= 4 is 11.9 Å². The van der Waals surface area contributed by atoms with E-state index in [4.69, 9.17) is 9.47 Å². The molecule has 0 saturated carbocycles. The number of hydrogen-bond acceptors (Lipinski definition) is 5. The summed E-state index contributed by atoms with van der Waals surface area (Å²) in [6.07, 6.45) is 0.637. The van der Waals surface area contributed by atoms with Crippen LogP contribution in [0.1, 0.15) is 32.8 Å². The second kappa shape index (κ2) is 11.4. The van der Waals surface area contributed by atoms with E-state index in [1.807, 2.05) is 32.9 Å². The fourth-order valence-electron chi connectivity index (χ4n) is 2.56. The summed E-state index contributed by atoms with van der Waals surface area (Å²) in [4.78, 5) is 22.8. The van der Waals surface area contributed by atoms with E-state index in [-0.39, 0.29) is 12.5 Å². The lowest BCUT2D eigenvalue weighted by molar-refractivity contribution is -0.142. The van der Waals surface area contributed by atoms with Gasteiger partial charge in [-0.05, 0) is 37.0 Å². The second-order valence-electron chi connectivity index (χ2n) is 6.52. The third kappa shape index (κ3) is 7.74. The molecule has 1 unspecified atom stereocenters. The Morgan fingerprint density at radius 1 is 1.23 bits per heavy atom. The van der Waals surface area contributed by atoms with Gasteiger partial charge in [-0.2, -0.15) is 0 Å². The number of carbonyl (C=O) groups excluding carboxylic acids is 1. The predicted octanol–water partition coefficient (Wildman–Crippen LogP) is 2.05. The average molecular weight is 366 g/mol. The molecule has 1 rings (SSSR count). The van der Waals surface area contributed by atoms with Crippen molar-refractivity contribution in [3.8, 4) is 11.5 Å². The number of carboxylic acids is 1. The van der Waals surface area contributed by atoms with E-state index in [0.29, 0.717) is 43.5 Å². The highest BCUT2D eigenvalue weighted by Gasteiger charge is 2.18. The summed E-state index contributed by atoms with van der Waals surface area (Å²) in [5.74, 6) is -0.0183. The molecule has 0 heterocycles. The van der Waals surface area contributed by atoms with Crippen molar-refractivity contribution in [1.29, 1.82) is 0 Å². The van der Waals surface area contributed by atoms with Gasteiger partial charge in [-0.15, -0.1) is 0 Å². The first-order valence-corrected chi connectivity index (χ1v) is 8.87. The number of nitrogens with one attached hydrogen (secondary N) is 2. The molecule has 1 aromatic carbocycles. The Labute approximate surface area is 155 Å². The molecule has 1 atom stereocenters.